The van der Waals surface area contributed by atoms with E-state index < -0.39 is 0 Å². The van der Waals surface area contributed by atoms with Gasteiger partial charge in [-0.05, 0) is 36.7 Å². The molecule has 0 bridgehead atoms. The first kappa shape index (κ1) is 9.72. The molecule has 0 saturated heterocycles. The Hall–Kier alpha value is -0.820. The van der Waals surface area contributed by atoms with Crippen LogP contribution in [-0.4, -0.2) is 6.04 Å². The van der Waals surface area contributed by atoms with Gasteiger partial charge in [-0.15, -0.1) is 0 Å². The van der Waals surface area contributed by atoms with Crippen LogP contribution in [0.2, 0.25) is 0 Å². The van der Waals surface area contributed by atoms with E-state index in [0.717, 1.165) is 12.3 Å². The summed E-state index contributed by atoms with van der Waals surface area (Å²) in [5.41, 5.74) is 7.52. The highest BCUT2D eigenvalue weighted by molar-refractivity contribution is 5.20. The van der Waals surface area contributed by atoms with E-state index in [2.05, 4.69) is 37.3 Å². The zero-order valence-electron chi connectivity index (χ0n) is 8.82. The van der Waals surface area contributed by atoms with Gasteiger partial charge in [-0.25, -0.2) is 0 Å². The topological polar surface area (TPSA) is 26.0 Å². The van der Waals surface area contributed by atoms with E-state index in [0.29, 0.717) is 12.0 Å². The molecular formula is C13H19N. The highest BCUT2D eigenvalue weighted by atomic mass is 14.6. The first-order valence-electron chi connectivity index (χ1n) is 5.56. The van der Waals surface area contributed by atoms with Gasteiger partial charge < -0.3 is 5.73 Å². The molecule has 1 aliphatic rings. The molecule has 14 heavy (non-hydrogen) atoms. The van der Waals surface area contributed by atoms with Gasteiger partial charge in [0, 0.05) is 6.04 Å². The molecule has 0 unspecified atom stereocenters. The highest BCUT2D eigenvalue weighted by Gasteiger charge is 2.24. The Kier molecular flexibility index (Phi) is 2.87. The Morgan fingerprint density at radius 2 is 1.79 bits per heavy atom. The fourth-order valence-corrected chi connectivity index (χ4v) is 2.65. The normalized spacial score (nSPS) is 32.9. The summed E-state index contributed by atoms with van der Waals surface area (Å²) in [5, 5.41) is 0. The SMILES string of the molecule is C[C@@H]1C[C@H](N)C[C@@H](c2ccccc2)C1. The zero-order chi connectivity index (χ0) is 9.97. The molecule has 1 fully saturated rings. The van der Waals surface area contributed by atoms with Gasteiger partial charge in [0.05, 0.1) is 0 Å². The van der Waals surface area contributed by atoms with Crippen LogP contribution in [0.25, 0.3) is 0 Å². The van der Waals surface area contributed by atoms with Crippen molar-refractivity contribution in [1.29, 1.82) is 0 Å². The monoisotopic (exact) mass is 189 g/mol. The molecule has 0 aromatic heterocycles. The summed E-state index contributed by atoms with van der Waals surface area (Å²) in [6.45, 7) is 2.31. The minimum atomic E-state index is 0.406. The van der Waals surface area contributed by atoms with E-state index in [4.69, 9.17) is 5.73 Å². The Morgan fingerprint density at radius 1 is 1.07 bits per heavy atom. The first-order valence-corrected chi connectivity index (χ1v) is 5.56. The number of nitrogens with two attached hydrogens (primary N) is 1. The van der Waals surface area contributed by atoms with Crippen molar-refractivity contribution in [1.82, 2.24) is 0 Å². The molecule has 1 saturated carbocycles. The van der Waals surface area contributed by atoms with Crippen LogP contribution in [0, 0.1) is 5.92 Å². The van der Waals surface area contributed by atoms with Gasteiger partial charge in [-0.1, -0.05) is 37.3 Å². The molecule has 76 valence electrons. The molecule has 0 radical (unpaired) electrons. The lowest BCUT2D eigenvalue weighted by Gasteiger charge is -2.31. The summed E-state index contributed by atoms with van der Waals surface area (Å²) >= 11 is 0. The number of hydrogen-bond acceptors (Lipinski definition) is 1. The second-order valence-corrected chi connectivity index (χ2v) is 4.68. The summed E-state index contributed by atoms with van der Waals surface area (Å²) in [5.74, 6) is 1.47. The standard InChI is InChI=1S/C13H19N/c1-10-7-12(9-13(14)8-10)11-5-3-2-4-6-11/h2-6,10,12-13H,7-9,14H2,1H3/t10-,12-,13-/m0/s1. The van der Waals surface area contributed by atoms with Crippen LogP contribution in [0.4, 0.5) is 0 Å². The fourth-order valence-electron chi connectivity index (χ4n) is 2.65. The summed E-state index contributed by atoms with van der Waals surface area (Å²) in [6, 6.07) is 11.2. The maximum Gasteiger partial charge on any atom is 0.00471 e. The minimum absolute atomic E-state index is 0.406. The molecular weight excluding hydrogens is 170 g/mol. The lowest BCUT2D eigenvalue weighted by molar-refractivity contribution is 0.308. The van der Waals surface area contributed by atoms with Gasteiger partial charge >= 0.3 is 0 Å². The molecule has 1 aromatic carbocycles. The van der Waals surface area contributed by atoms with Gasteiger partial charge in [0.2, 0.25) is 0 Å². The maximum absolute atomic E-state index is 6.05. The zero-order valence-corrected chi connectivity index (χ0v) is 8.82. The molecule has 0 amide bonds. The van der Waals surface area contributed by atoms with E-state index in [1.54, 1.807) is 0 Å². The van der Waals surface area contributed by atoms with Gasteiger partial charge in [-0.2, -0.15) is 0 Å². The Morgan fingerprint density at radius 3 is 2.43 bits per heavy atom. The number of rotatable bonds is 1. The molecule has 0 spiro atoms. The fraction of sp³-hybridized carbons (Fsp3) is 0.538. The molecule has 2 N–H and O–H groups in total. The van der Waals surface area contributed by atoms with E-state index in [1.165, 1.54) is 18.4 Å². The van der Waals surface area contributed by atoms with Crippen molar-refractivity contribution < 1.29 is 0 Å². The Bertz CT molecular complexity index is 271. The minimum Gasteiger partial charge on any atom is -0.328 e. The van der Waals surface area contributed by atoms with Crippen molar-refractivity contribution in [2.75, 3.05) is 0 Å². The Balaban J connectivity index is 2.11. The molecule has 1 aromatic rings. The smallest absolute Gasteiger partial charge is 0.00471 e. The Labute approximate surface area is 86.3 Å². The predicted molar refractivity (Wildman–Crippen MR) is 60.2 cm³/mol. The van der Waals surface area contributed by atoms with Crippen LogP contribution >= 0.6 is 0 Å². The largest absolute Gasteiger partial charge is 0.328 e. The molecule has 0 aliphatic heterocycles. The highest BCUT2D eigenvalue weighted by Crippen LogP contribution is 2.35. The van der Waals surface area contributed by atoms with E-state index in [9.17, 15) is 0 Å². The summed E-state index contributed by atoms with van der Waals surface area (Å²) < 4.78 is 0. The van der Waals surface area contributed by atoms with Crippen LogP contribution in [0.1, 0.15) is 37.7 Å². The third-order valence-electron chi connectivity index (χ3n) is 3.25. The van der Waals surface area contributed by atoms with Gasteiger partial charge in [0.25, 0.3) is 0 Å². The van der Waals surface area contributed by atoms with Crippen LogP contribution < -0.4 is 5.73 Å². The lowest BCUT2D eigenvalue weighted by atomic mass is 9.77. The molecule has 3 atom stereocenters. The van der Waals surface area contributed by atoms with Gasteiger partial charge in [0.1, 0.15) is 0 Å². The quantitative estimate of drug-likeness (QED) is 0.722. The van der Waals surface area contributed by atoms with E-state index in [-0.39, 0.29) is 0 Å². The van der Waals surface area contributed by atoms with Crippen LogP contribution in [0.15, 0.2) is 30.3 Å². The van der Waals surface area contributed by atoms with Crippen molar-refractivity contribution in [3.05, 3.63) is 35.9 Å². The average Bonchev–Trinajstić information content (AvgIpc) is 2.18. The first-order chi connectivity index (χ1) is 6.75. The average molecular weight is 189 g/mol. The summed E-state index contributed by atoms with van der Waals surface area (Å²) in [6.07, 6.45) is 3.66. The second kappa shape index (κ2) is 4.14. The van der Waals surface area contributed by atoms with Crippen molar-refractivity contribution in [3.8, 4) is 0 Å². The molecule has 1 nitrogen and oxygen atoms in total. The predicted octanol–water partition coefficient (Wildman–Crippen LogP) is 2.92. The lowest BCUT2D eigenvalue weighted by Crippen LogP contribution is -2.30. The maximum atomic E-state index is 6.05. The summed E-state index contributed by atoms with van der Waals surface area (Å²) in [7, 11) is 0. The van der Waals surface area contributed by atoms with Crippen molar-refractivity contribution in [2.45, 2.75) is 38.1 Å². The van der Waals surface area contributed by atoms with Crippen molar-refractivity contribution >= 4 is 0 Å². The van der Waals surface area contributed by atoms with Crippen LogP contribution in [0.3, 0.4) is 0 Å². The van der Waals surface area contributed by atoms with Crippen molar-refractivity contribution in [2.24, 2.45) is 11.7 Å². The van der Waals surface area contributed by atoms with Gasteiger partial charge in [0.15, 0.2) is 0 Å². The molecule has 2 rings (SSSR count). The van der Waals surface area contributed by atoms with Crippen molar-refractivity contribution in [3.63, 3.8) is 0 Å². The second-order valence-electron chi connectivity index (χ2n) is 4.68. The van der Waals surface area contributed by atoms with E-state index in [1.807, 2.05) is 0 Å². The number of hydrogen-bond donors (Lipinski definition) is 1. The molecule has 1 heteroatoms. The van der Waals surface area contributed by atoms with Crippen LogP contribution in [-0.2, 0) is 0 Å². The third-order valence-corrected chi connectivity index (χ3v) is 3.25. The third kappa shape index (κ3) is 2.16. The number of benzene rings is 1. The molecule has 0 heterocycles. The molecule has 1 aliphatic carbocycles. The van der Waals surface area contributed by atoms with E-state index >= 15 is 0 Å². The van der Waals surface area contributed by atoms with Crippen LogP contribution in [0.5, 0.6) is 0 Å². The summed E-state index contributed by atoms with van der Waals surface area (Å²) in [4.78, 5) is 0. The van der Waals surface area contributed by atoms with Gasteiger partial charge in [-0.3, -0.25) is 0 Å².